The average molecular weight is 617 g/mol. The van der Waals surface area contributed by atoms with Crippen molar-refractivity contribution in [1.82, 2.24) is 4.90 Å². The summed E-state index contributed by atoms with van der Waals surface area (Å²) in [5.74, 6) is 0.579. The van der Waals surface area contributed by atoms with Crippen molar-refractivity contribution in [2.45, 2.75) is 77.2 Å². The minimum atomic E-state index is -4.53. The van der Waals surface area contributed by atoms with E-state index in [0.717, 1.165) is 62.7 Å². The molecule has 0 bridgehead atoms. The maximum absolute atomic E-state index is 13.4. The van der Waals surface area contributed by atoms with E-state index in [0.29, 0.717) is 44.0 Å². The van der Waals surface area contributed by atoms with E-state index in [1.807, 2.05) is 18.7 Å². The zero-order valence-electron chi connectivity index (χ0n) is 25.0. The van der Waals surface area contributed by atoms with Crippen molar-refractivity contribution in [3.63, 3.8) is 0 Å². The predicted molar refractivity (Wildman–Crippen MR) is 157 cm³/mol. The number of nitrogens with one attached hydrogen (secondary N) is 2. The number of halogens is 6. The van der Waals surface area contributed by atoms with E-state index in [2.05, 4.69) is 20.5 Å². The summed E-state index contributed by atoms with van der Waals surface area (Å²) in [6.07, 6.45) is -3.53. The minimum absolute atomic E-state index is 0.0313. The first-order valence-corrected chi connectivity index (χ1v) is 14.9. The second-order valence-corrected chi connectivity index (χ2v) is 10.7. The molecule has 0 radical (unpaired) electrons. The van der Waals surface area contributed by atoms with Gasteiger partial charge in [0.2, 0.25) is 5.91 Å². The Morgan fingerprint density at radius 1 is 0.884 bits per heavy atom. The molecule has 0 spiro atoms. The number of hydrogen-bond acceptors (Lipinski definition) is 5. The molecule has 240 valence electrons. The van der Waals surface area contributed by atoms with Crippen molar-refractivity contribution in [1.29, 1.82) is 0 Å². The van der Waals surface area contributed by atoms with Crippen molar-refractivity contribution < 1.29 is 36.0 Å². The van der Waals surface area contributed by atoms with Gasteiger partial charge in [0.05, 0.1) is 23.9 Å². The number of carbonyl (C=O) groups excluding carboxylic acids is 1. The maximum Gasteiger partial charge on any atom is 0.418 e. The van der Waals surface area contributed by atoms with Gasteiger partial charge >= 0.3 is 12.4 Å². The Kier molecular flexibility index (Phi) is 12.4. The Morgan fingerprint density at radius 2 is 1.51 bits per heavy atom. The van der Waals surface area contributed by atoms with E-state index in [1.165, 1.54) is 25.3 Å². The Labute approximate surface area is 249 Å². The Morgan fingerprint density at radius 3 is 2.07 bits per heavy atom. The van der Waals surface area contributed by atoms with Gasteiger partial charge in [-0.15, -0.1) is 0 Å². The lowest BCUT2D eigenvalue weighted by Crippen LogP contribution is -2.42. The van der Waals surface area contributed by atoms with Gasteiger partial charge in [-0.3, -0.25) is 15.1 Å². The largest absolute Gasteiger partial charge is 0.418 e. The summed E-state index contributed by atoms with van der Waals surface area (Å²) in [4.78, 5) is 21.3. The van der Waals surface area contributed by atoms with Gasteiger partial charge in [0.1, 0.15) is 0 Å². The smallest absolute Gasteiger partial charge is 0.382 e. The molecule has 2 heterocycles. The highest BCUT2D eigenvalue weighted by Crippen LogP contribution is 2.37. The lowest BCUT2D eigenvalue weighted by Gasteiger charge is -2.34. The number of nitrogens with zero attached hydrogens (tertiary/aromatic N) is 2. The van der Waals surface area contributed by atoms with Crippen molar-refractivity contribution in [2.75, 3.05) is 49.0 Å². The van der Waals surface area contributed by atoms with E-state index in [9.17, 15) is 31.1 Å². The van der Waals surface area contributed by atoms with Crippen molar-refractivity contribution in [2.24, 2.45) is 5.92 Å². The van der Waals surface area contributed by atoms with Crippen LogP contribution in [0.5, 0.6) is 0 Å². The highest BCUT2D eigenvalue weighted by atomic mass is 19.4. The number of piperidine rings is 2. The quantitative estimate of drug-likeness (QED) is 0.220. The van der Waals surface area contributed by atoms with Crippen LogP contribution in [0.3, 0.4) is 0 Å². The molecule has 2 aromatic carbocycles. The molecule has 2 fully saturated rings. The van der Waals surface area contributed by atoms with Gasteiger partial charge in [-0.05, 0) is 86.9 Å². The Hall–Kier alpha value is -3.15. The first-order chi connectivity index (χ1) is 20.4. The van der Waals surface area contributed by atoms with Gasteiger partial charge in [-0.2, -0.15) is 26.3 Å². The van der Waals surface area contributed by atoms with Crippen LogP contribution >= 0.6 is 0 Å². The van der Waals surface area contributed by atoms with E-state index in [4.69, 9.17) is 0 Å². The van der Waals surface area contributed by atoms with Gasteiger partial charge in [0, 0.05) is 50.0 Å². The number of amides is 1. The molecule has 2 N–H and O–H groups in total. The standard InChI is InChI=1S/C29H36F6N4O2.C2H6/c1-41-37-26-10-7-23(19-25(26)29(33,34)35)36-22-13-17-39(18-14-22)27(40)4-2-3-20-11-15-38(16-12-20)24-8-5-21(6-9-24)28(30,31)32;1-2/h5-10,19-20,22,36-37H,2-4,11-18H2,1H3;1-2H3. The number of rotatable bonds is 9. The molecule has 2 aromatic rings. The number of carbonyl (C=O) groups is 1. The van der Waals surface area contributed by atoms with Crippen LogP contribution in [0.1, 0.15) is 69.9 Å². The van der Waals surface area contributed by atoms with Gasteiger partial charge < -0.3 is 15.1 Å². The van der Waals surface area contributed by atoms with Gasteiger partial charge in [0.15, 0.2) is 0 Å². The molecule has 6 nitrogen and oxygen atoms in total. The fraction of sp³-hybridized carbons (Fsp3) is 0.581. The number of anilines is 3. The highest BCUT2D eigenvalue weighted by molar-refractivity contribution is 5.76. The van der Waals surface area contributed by atoms with E-state index >= 15 is 0 Å². The zero-order chi connectivity index (χ0) is 31.6. The molecular formula is C31H42F6N4O2. The van der Waals surface area contributed by atoms with Crippen LogP contribution in [-0.4, -0.2) is 50.1 Å². The summed E-state index contributed by atoms with van der Waals surface area (Å²) in [6, 6.07) is 9.21. The topological polar surface area (TPSA) is 56.8 Å². The maximum atomic E-state index is 13.4. The molecule has 0 atom stereocenters. The summed E-state index contributed by atoms with van der Waals surface area (Å²) >= 11 is 0. The molecule has 0 saturated carbocycles. The van der Waals surface area contributed by atoms with Crippen molar-refractivity contribution in [3.8, 4) is 0 Å². The van der Waals surface area contributed by atoms with Gasteiger partial charge in [-0.25, -0.2) is 0 Å². The summed E-state index contributed by atoms with van der Waals surface area (Å²) in [5.41, 5.74) is 1.80. The summed E-state index contributed by atoms with van der Waals surface area (Å²) in [5, 5.41) is 3.17. The Balaban J connectivity index is 0.00000248. The second kappa shape index (κ2) is 15.5. The van der Waals surface area contributed by atoms with E-state index in [-0.39, 0.29) is 17.6 Å². The lowest BCUT2D eigenvalue weighted by molar-refractivity contribution is -0.138. The highest BCUT2D eigenvalue weighted by Gasteiger charge is 2.34. The SMILES string of the molecule is CC.CONc1ccc(NC2CCN(C(=O)CCCC3CCN(c4ccc(C(F)(F)F)cc4)CC3)CC2)cc1C(F)(F)F. The molecule has 2 aliphatic heterocycles. The Bertz CT molecular complexity index is 1140. The minimum Gasteiger partial charge on any atom is -0.382 e. The van der Waals surface area contributed by atoms with Crippen LogP contribution in [0, 0.1) is 5.92 Å². The van der Waals surface area contributed by atoms with Crippen LogP contribution in [0.25, 0.3) is 0 Å². The average Bonchev–Trinajstić information content (AvgIpc) is 2.99. The molecule has 1 amide bonds. The van der Waals surface area contributed by atoms with E-state index < -0.39 is 23.5 Å². The summed E-state index contributed by atoms with van der Waals surface area (Å²) in [6.45, 7) is 6.66. The first kappa shape index (κ1) is 34.3. The third kappa shape index (κ3) is 9.94. The molecule has 43 heavy (non-hydrogen) atoms. The number of alkyl halides is 6. The molecule has 12 heteroatoms. The van der Waals surface area contributed by atoms with E-state index in [1.54, 1.807) is 6.07 Å². The monoisotopic (exact) mass is 616 g/mol. The molecule has 0 unspecified atom stereocenters. The van der Waals surface area contributed by atoms with Crippen LogP contribution in [-0.2, 0) is 22.0 Å². The predicted octanol–water partition coefficient (Wildman–Crippen LogP) is 8.21. The third-order valence-electron chi connectivity index (χ3n) is 7.93. The molecule has 0 aromatic heterocycles. The van der Waals surface area contributed by atoms with Crippen LogP contribution < -0.4 is 15.7 Å². The first-order valence-electron chi connectivity index (χ1n) is 14.9. The number of likely N-dealkylation sites (tertiary alicyclic amines) is 1. The second-order valence-electron chi connectivity index (χ2n) is 10.7. The molecule has 0 aliphatic carbocycles. The molecule has 2 aliphatic rings. The number of benzene rings is 2. The van der Waals surface area contributed by atoms with Crippen molar-refractivity contribution >= 4 is 23.0 Å². The van der Waals surface area contributed by atoms with Gasteiger partial charge in [0.25, 0.3) is 0 Å². The number of hydrogen-bond donors (Lipinski definition) is 2. The normalized spacial score (nSPS) is 16.9. The summed E-state index contributed by atoms with van der Waals surface area (Å²) < 4.78 is 78.7. The third-order valence-corrected chi connectivity index (χ3v) is 7.93. The van der Waals surface area contributed by atoms with Gasteiger partial charge in [-0.1, -0.05) is 13.8 Å². The van der Waals surface area contributed by atoms with Crippen LogP contribution in [0.2, 0.25) is 0 Å². The lowest BCUT2D eigenvalue weighted by atomic mass is 9.91. The van der Waals surface area contributed by atoms with Crippen LogP contribution in [0.15, 0.2) is 42.5 Å². The molecule has 2 saturated heterocycles. The summed E-state index contributed by atoms with van der Waals surface area (Å²) in [7, 11) is 1.25. The fourth-order valence-corrected chi connectivity index (χ4v) is 5.62. The zero-order valence-corrected chi connectivity index (χ0v) is 25.0. The van der Waals surface area contributed by atoms with Crippen LogP contribution in [0.4, 0.5) is 43.4 Å². The molecular weight excluding hydrogens is 574 g/mol. The fourth-order valence-electron chi connectivity index (χ4n) is 5.62. The van der Waals surface area contributed by atoms with Crippen molar-refractivity contribution in [3.05, 3.63) is 53.6 Å². The molecule has 4 rings (SSSR count).